The van der Waals surface area contributed by atoms with E-state index in [2.05, 4.69) is 5.32 Å². The zero-order valence-electron chi connectivity index (χ0n) is 8.96. The van der Waals surface area contributed by atoms with Gasteiger partial charge in [0, 0.05) is 12.6 Å². The Bertz CT molecular complexity index is 399. The monoisotopic (exact) mass is 207 g/mol. The molecule has 1 N–H and O–H groups in total. The standard InChI is InChI=1S/C11H13NO3/c1-7-6-9(4-5-10(7)15-3)12-11(14)8(2)13/h4-6H,1-3H3,(H,12,14). The Labute approximate surface area is 88.2 Å². The van der Waals surface area contributed by atoms with Crippen LogP contribution < -0.4 is 10.1 Å². The van der Waals surface area contributed by atoms with Crippen molar-refractivity contribution in [3.63, 3.8) is 0 Å². The van der Waals surface area contributed by atoms with Gasteiger partial charge >= 0.3 is 0 Å². The van der Waals surface area contributed by atoms with E-state index < -0.39 is 11.7 Å². The number of hydrogen-bond acceptors (Lipinski definition) is 3. The van der Waals surface area contributed by atoms with Gasteiger partial charge in [0.1, 0.15) is 5.75 Å². The van der Waals surface area contributed by atoms with Crippen LogP contribution in [0.5, 0.6) is 5.75 Å². The number of hydrogen-bond donors (Lipinski definition) is 1. The van der Waals surface area contributed by atoms with Crippen molar-refractivity contribution >= 4 is 17.4 Å². The van der Waals surface area contributed by atoms with Crippen LogP contribution in [0.3, 0.4) is 0 Å². The number of benzene rings is 1. The largest absolute Gasteiger partial charge is 0.496 e. The molecule has 4 nitrogen and oxygen atoms in total. The van der Waals surface area contributed by atoms with E-state index in [0.717, 1.165) is 11.3 Å². The Morgan fingerprint density at radius 3 is 2.47 bits per heavy atom. The first kappa shape index (κ1) is 11.2. The van der Waals surface area contributed by atoms with E-state index in [4.69, 9.17) is 4.74 Å². The molecule has 0 atom stereocenters. The fourth-order valence-corrected chi connectivity index (χ4v) is 1.18. The lowest BCUT2D eigenvalue weighted by atomic mass is 10.2. The molecule has 0 heterocycles. The third-order valence-electron chi connectivity index (χ3n) is 1.97. The van der Waals surface area contributed by atoms with Crippen molar-refractivity contribution in [2.45, 2.75) is 13.8 Å². The molecule has 15 heavy (non-hydrogen) atoms. The molecule has 0 spiro atoms. The van der Waals surface area contributed by atoms with Gasteiger partial charge < -0.3 is 10.1 Å². The summed E-state index contributed by atoms with van der Waals surface area (Å²) >= 11 is 0. The van der Waals surface area contributed by atoms with E-state index >= 15 is 0 Å². The summed E-state index contributed by atoms with van der Waals surface area (Å²) in [4.78, 5) is 21.8. The van der Waals surface area contributed by atoms with E-state index in [1.165, 1.54) is 6.92 Å². The van der Waals surface area contributed by atoms with E-state index in [9.17, 15) is 9.59 Å². The van der Waals surface area contributed by atoms with Crippen molar-refractivity contribution < 1.29 is 14.3 Å². The Morgan fingerprint density at radius 1 is 1.33 bits per heavy atom. The zero-order valence-corrected chi connectivity index (χ0v) is 8.96. The molecule has 0 bridgehead atoms. The summed E-state index contributed by atoms with van der Waals surface area (Å²) in [5, 5.41) is 2.49. The van der Waals surface area contributed by atoms with E-state index in [1.807, 2.05) is 6.92 Å². The molecule has 0 fully saturated rings. The number of carbonyl (C=O) groups excluding carboxylic acids is 2. The first-order valence-electron chi connectivity index (χ1n) is 4.51. The second-order valence-corrected chi connectivity index (χ2v) is 3.19. The van der Waals surface area contributed by atoms with Crippen molar-refractivity contribution in [2.75, 3.05) is 12.4 Å². The van der Waals surface area contributed by atoms with E-state index in [0.29, 0.717) is 5.69 Å². The molecule has 4 heteroatoms. The van der Waals surface area contributed by atoms with E-state index in [1.54, 1.807) is 25.3 Å². The van der Waals surface area contributed by atoms with Gasteiger partial charge in [-0.2, -0.15) is 0 Å². The molecule has 1 amide bonds. The van der Waals surface area contributed by atoms with Crippen LogP contribution >= 0.6 is 0 Å². The summed E-state index contributed by atoms with van der Waals surface area (Å²) in [7, 11) is 1.58. The van der Waals surface area contributed by atoms with Crippen molar-refractivity contribution in [3.05, 3.63) is 23.8 Å². The fraction of sp³-hybridized carbons (Fsp3) is 0.273. The van der Waals surface area contributed by atoms with Gasteiger partial charge in [-0.05, 0) is 30.7 Å². The Balaban J connectivity index is 2.84. The van der Waals surface area contributed by atoms with Crippen molar-refractivity contribution in [3.8, 4) is 5.75 Å². The van der Waals surface area contributed by atoms with E-state index in [-0.39, 0.29) is 0 Å². The van der Waals surface area contributed by atoms with Gasteiger partial charge in [0.25, 0.3) is 5.91 Å². The third kappa shape index (κ3) is 2.80. The number of aryl methyl sites for hydroxylation is 1. The molecule has 0 saturated carbocycles. The zero-order chi connectivity index (χ0) is 11.4. The molecule has 80 valence electrons. The normalized spacial score (nSPS) is 9.53. The Kier molecular flexibility index (Phi) is 3.44. The summed E-state index contributed by atoms with van der Waals surface area (Å²) in [6.45, 7) is 3.09. The van der Waals surface area contributed by atoms with Crippen LogP contribution in [-0.2, 0) is 9.59 Å². The molecule has 0 unspecified atom stereocenters. The topological polar surface area (TPSA) is 55.4 Å². The smallest absolute Gasteiger partial charge is 0.291 e. The van der Waals surface area contributed by atoms with Crippen LogP contribution in [0.2, 0.25) is 0 Å². The quantitative estimate of drug-likeness (QED) is 0.765. The Hall–Kier alpha value is -1.84. The molecule has 0 aliphatic rings. The molecule has 0 aromatic heterocycles. The van der Waals surface area contributed by atoms with Gasteiger partial charge in [0.05, 0.1) is 7.11 Å². The highest BCUT2D eigenvalue weighted by Gasteiger charge is 2.08. The number of carbonyl (C=O) groups is 2. The predicted molar refractivity (Wildman–Crippen MR) is 57.0 cm³/mol. The first-order chi connectivity index (χ1) is 7.04. The minimum atomic E-state index is -0.612. The van der Waals surface area contributed by atoms with Crippen molar-refractivity contribution in [1.82, 2.24) is 0 Å². The molecule has 1 aromatic carbocycles. The highest BCUT2D eigenvalue weighted by atomic mass is 16.5. The number of nitrogens with one attached hydrogen (secondary N) is 1. The van der Waals surface area contributed by atoms with Crippen LogP contribution in [0.4, 0.5) is 5.69 Å². The number of anilines is 1. The highest BCUT2D eigenvalue weighted by Crippen LogP contribution is 2.21. The summed E-state index contributed by atoms with van der Waals surface area (Å²) in [5.74, 6) is -0.376. The molecule has 0 radical (unpaired) electrons. The minimum Gasteiger partial charge on any atom is -0.496 e. The maximum absolute atomic E-state index is 11.1. The van der Waals surface area contributed by atoms with Gasteiger partial charge in [-0.25, -0.2) is 0 Å². The summed E-state index contributed by atoms with van der Waals surface area (Å²) in [6, 6.07) is 5.18. The molecule has 0 saturated heterocycles. The lowest BCUT2D eigenvalue weighted by Gasteiger charge is -2.07. The molecule has 0 aliphatic carbocycles. The van der Waals surface area contributed by atoms with Crippen molar-refractivity contribution in [2.24, 2.45) is 0 Å². The maximum Gasteiger partial charge on any atom is 0.291 e. The number of Topliss-reactive ketones (excluding diaryl/α,β-unsaturated/α-hetero) is 1. The average molecular weight is 207 g/mol. The molecule has 1 aromatic rings. The number of ether oxygens (including phenoxy) is 1. The first-order valence-corrected chi connectivity index (χ1v) is 4.51. The number of methoxy groups -OCH3 is 1. The van der Waals surface area contributed by atoms with Gasteiger partial charge in [0.15, 0.2) is 0 Å². The van der Waals surface area contributed by atoms with Crippen LogP contribution in [0.1, 0.15) is 12.5 Å². The van der Waals surface area contributed by atoms with Crippen LogP contribution in [-0.4, -0.2) is 18.8 Å². The van der Waals surface area contributed by atoms with Crippen molar-refractivity contribution in [1.29, 1.82) is 0 Å². The van der Waals surface area contributed by atoms with Gasteiger partial charge in [0.2, 0.25) is 5.78 Å². The Morgan fingerprint density at radius 2 is 2.00 bits per heavy atom. The van der Waals surface area contributed by atoms with Gasteiger partial charge in [-0.1, -0.05) is 0 Å². The highest BCUT2D eigenvalue weighted by molar-refractivity contribution is 6.39. The average Bonchev–Trinajstić information content (AvgIpc) is 2.18. The predicted octanol–water partition coefficient (Wildman–Crippen LogP) is 1.53. The molecule has 0 aliphatic heterocycles. The van der Waals surface area contributed by atoms with Gasteiger partial charge in [-0.3, -0.25) is 9.59 Å². The lowest BCUT2D eigenvalue weighted by Crippen LogP contribution is -2.19. The third-order valence-corrected chi connectivity index (χ3v) is 1.97. The van der Waals surface area contributed by atoms with Crippen LogP contribution in [0.15, 0.2) is 18.2 Å². The molecule has 1 rings (SSSR count). The number of rotatable bonds is 3. The molecular weight excluding hydrogens is 194 g/mol. The summed E-state index contributed by atoms with van der Waals surface area (Å²) in [5.41, 5.74) is 1.49. The lowest BCUT2D eigenvalue weighted by molar-refractivity contribution is -0.133. The van der Waals surface area contributed by atoms with Gasteiger partial charge in [-0.15, -0.1) is 0 Å². The summed E-state index contributed by atoms with van der Waals surface area (Å²) < 4.78 is 5.07. The SMILES string of the molecule is COc1ccc(NC(=O)C(C)=O)cc1C. The summed E-state index contributed by atoms with van der Waals surface area (Å²) in [6.07, 6.45) is 0. The maximum atomic E-state index is 11.1. The van der Waals surface area contributed by atoms with Crippen LogP contribution in [0.25, 0.3) is 0 Å². The second-order valence-electron chi connectivity index (χ2n) is 3.19. The number of ketones is 1. The minimum absolute atomic E-state index is 0.511. The molecular formula is C11H13NO3. The number of amides is 1. The van der Waals surface area contributed by atoms with Crippen LogP contribution in [0, 0.1) is 6.92 Å². The fourth-order valence-electron chi connectivity index (χ4n) is 1.18. The second kappa shape index (κ2) is 4.59.